The van der Waals surface area contributed by atoms with Crippen LogP contribution in [0, 0.1) is 11.8 Å². The highest BCUT2D eigenvalue weighted by Crippen LogP contribution is 2.32. The van der Waals surface area contributed by atoms with Crippen LogP contribution < -0.4 is 11.1 Å². The summed E-state index contributed by atoms with van der Waals surface area (Å²) in [5, 5.41) is 3.05. The Bertz CT molecular complexity index is 180. The Balaban J connectivity index is 2.19. The van der Waals surface area contributed by atoms with Gasteiger partial charge >= 0.3 is 0 Å². The zero-order valence-electron chi connectivity index (χ0n) is 9.25. The van der Waals surface area contributed by atoms with Crippen molar-refractivity contribution in [2.24, 2.45) is 17.6 Å². The Morgan fingerprint density at radius 3 is 2.64 bits per heavy atom. The lowest BCUT2D eigenvalue weighted by molar-refractivity contribution is -0.122. The maximum absolute atomic E-state index is 11.5. The summed E-state index contributed by atoms with van der Waals surface area (Å²) < 4.78 is 0. The highest BCUT2D eigenvalue weighted by molar-refractivity contribution is 5.76. The molecule has 0 bridgehead atoms. The third-order valence-corrected chi connectivity index (χ3v) is 3.10. The van der Waals surface area contributed by atoms with Crippen molar-refractivity contribution >= 4 is 5.91 Å². The molecule has 0 aliphatic heterocycles. The van der Waals surface area contributed by atoms with Gasteiger partial charge in [0.25, 0.3) is 0 Å². The standard InChI is InChI=1S/C11H22N2O/c1-3-9(7-12)6-11(14)13-8(2)10-4-5-10/h8-10H,3-7,12H2,1-2H3,(H,13,14). The molecule has 1 aliphatic rings. The van der Waals surface area contributed by atoms with Crippen LogP contribution in [0.5, 0.6) is 0 Å². The summed E-state index contributed by atoms with van der Waals surface area (Å²) in [5.41, 5.74) is 5.55. The topological polar surface area (TPSA) is 55.1 Å². The van der Waals surface area contributed by atoms with E-state index in [0.29, 0.717) is 24.9 Å². The molecule has 82 valence electrons. The van der Waals surface area contributed by atoms with Gasteiger partial charge in [0.1, 0.15) is 0 Å². The summed E-state index contributed by atoms with van der Waals surface area (Å²) in [6.07, 6.45) is 4.12. The molecule has 0 radical (unpaired) electrons. The van der Waals surface area contributed by atoms with E-state index in [1.165, 1.54) is 12.8 Å². The van der Waals surface area contributed by atoms with Gasteiger partial charge in [0.2, 0.25) is 5.91 Å². The molecule has 0 saturated heterocycles. The lowest BCUT2D eigenvalue weighted by atomic mass is 10.0. The number of hydrogen-bond donors (Lipinski definition) is 2. The first-order valence-electron chi connectivity index (χ1n) is 5.66. The molecule has 1 amide bonds. The van der Waals surface area contributed by atoms with Gasteiger partial charge in [0.15, 0.2) is 0 Å². The van der Waals surface area contributed by atoms with E-state index in [4.69, 9.17) is 5.73 Å². The average molecular weight is 198 g/mol. The monoisotopic (exact) mass is 198 g/mol. The van der Waals surface area contributed by atoms with Crippen molar-refractivity contribution in [2.45, 2.75) is 45.6 Å². The van der Waals surface area contributed by atoms with Gasteiger partial charge in [-0.05, 0) is 38.1 Å². The fourth-order valence-electron chi connectivity index (χ4n) is 1.68. The lowest BCUT2D eigenvalue weighted by Gasteiger charge is -2.16. The summed E-state index contributed by atoms with van der Waals surface area (Å²) in [7, 11) is 0. The molecule has 1 aliphatic carbocycles. The molecule has 0 aromatic rings. The number of nitrogens with one attached hydrogen (secondary N) is 1. The van der Waals surface area contributed by atoms with Crippen LogP contribution >= 0.6 is 0 Å². The quantitative estimate of drug-likeness (QED) is 0.675. The minimum absolute atomic E-state index is 0.168. The molecule has 0 spiro atoms. The van der Waals surface area contributed by atoms with Crippen LogP contribution in [-0.2, 0) is 4.79 Å². The van der Waals surface area contributed by atoms with Gasteiger partial charge in [0, 0.05) is 12.5 Å². The molecule has 3 heteroatoms. The zero-order chi connectivity index (χ0) is 10.6. The van der Waals surface area contributed by atoms with E-state index >= 15 is 0 Å². The van der Waals surface area contributed by atoms with Gasteiger partial charge in [-0.25, -0.2) is 0 Å². The summed E-state index contributed by atoms with van der Waals surface area (Å²) in [6.45, 7) is 4.79. The second-order valence-corrected chi connectivity index (χ2v) is 4.41. The van der Waals surface area contributed by atoms with Crippen LogP contribution in [0.2, 0.25) is 0 Å². The summed E-state index contributed by atoms with van der Waals surface area (Å²) in [4.78, 5) is 11.5. The Morgan fingerprint density at radius 2 is 2.21 bits per heavy atom. The van der Waals surface area contributed by atoms with Crippen molar-refractivity contribution in [1.29, 1.82) is 0 Å². The smallest absolute Gasteiger partial charge is 0.220 e. The number of carbonyl (C=O) groups excluding carboxylic acids is 1. The Kier molecular flexibility index (Phi) is 4.39. The van der Waals surface area contributed by atoms with E-state index in [-0.39, 0.29) is 5.91 Å². The average Bonchev–Trinajstić information content (AvgIpc) is 2.97. The number of hydrogen-bond acceptors (Lipinski definition) is 2. The first kappa shape index (κ1) is 11.5. The molecule has 3 N–H and O–H groups in total. The van der Waals surface area contributed by atoms with Gasteiger partial charge in [-0.3, -0.25) is 4.79 Å². The fourth-order valence-corrected chi connectivity index (χ4v) is 1.68. The number of carbonyl (C=O) groups is 1. The first-order valence-corrected chi connectivity index (χ1v) is 5.66. The second-order valence-electron chi connectivity index (χ2n) is 4.41. The van der Waals surface area contributed by atoms with E-state index in [9.17, 15) is 4.79 Å². The van der Waals surface area contributed by atoms with Crippen molar-refractivity contribution in [3.63, 3.8) is 0 Å². The van der Waals surface area contributed by atoms with Crippen molar-refractivity contribution in [2.75, 3.05) is 6.54 Å². The fraction of sp³-hybridized carbons (Fsp3) is 0.909. The second kappa shape index (κ2) is 5.35. The van der Waals surface area contributed by atoms with Gasteiger partial charge in [-0.1, -0.05) is 13.3 Å². The SMILES string of the molecule is CCC(CN)CC(=O)NC(C)C1CC1. The summed E-state index contributed by atoms with van der Waals surface area (Å²) in [5.74, 6) is 1.25. The minimum atomic E-state index is 0.168. The van der Waals surface area contributed by atoms with Gasteiger partial charge in [-0.2, -0.15) is 0 Å². The van der Waals surface area contributed by atoms with E-state index in [0.717, 1.165) is 12.3 Å². The van der Waals surface area contributed by atoms with Crippen molar-refractivity contribution in [3.8, 4) is 0 Å². The van der Waals surface area contributed by atoms with Crippen LogP contribution in [0.15, 0.2) is 0 Å². The molecule has 1 fully saturated rings. The van der Waals surface area contributed by atoms with E-state index < -0.39 is 0 Å². The minimum Gasteiger partial charge on any atom is -0.353 e. The van der Waals surface area contributed by atoms with Crippen molar-refractivity contribution in [3.05, 3.63) is 0 Å². The normalized spacial score (nSPS) is 20.2. The molecule has 2 atom stereocenters. The maximum Gasteiger partial charge on any atom is 0.220 e. The molecule has 1 saturated carbocycles. The predicted octanol–water partition coefficient (Wildman–Crippen LogP) is 1.28. The Hall–Kier alpha value is -0.570. The number of amides is 1. The molecule has 1 rings (SSSR count). The summed E-state index contributed by atoms with van der Waals surface area (Å²) in [6, 6.07) is 0.359. The number of nitrogens with two attached hydrogens (primary N) is 1. The third kappa shape index (κ3) is 3.66. The molecule has 2 unspecified atom stereocenters. The first-order chi connectivity index (χ1) is 6.67. The Labute approximate surface area is 86.4 Å². The Morgan fingerprint density at radius 1 is 1.57 bits per heavy atom. The van der Waals surface area contributed by atoms with Crippen LogP contribution in [-0.4, -0.2) is 18.5 Å². The van der Waals surface area contributed by atoms with E-state index in [1.807, 2.05) is 0 Å². The number of rotatable bonds is 6. The van der Waals surface area contributed by atoms with E-state index in [1.54, 1.807) is 0 Å². The van der Waals surface area contributed by atoms with Gasteiger partial charge < -0.3 is 11.1 Å². The van der Waals surface area contributed by atoms with Gasteiger partial charge in [-0.15, -0.1) is 0 Å². The van der Waals surface area contributed by atoms with Crippen LogP contribution in [0.25, 0.3) is 0 Å². The predicted molar refractivity (Wildman–Crippen MR) is 57.8 cm³/mol. The zero-order valence-corrected chi connectivity index (χ0v) is 9.25. The molecular weight excluding hydrogens is 176 g/mol. The van der Waals surface area contributed by atoms with Crippen LogP contribution in [0.1, 0.15) is 39.5 Å². The van der Waals surface area contributed by atoms with Crippen LogP contribution in [0.4, 0.5) is 0 Å². The molecule has 0 heterocycles. The maximum atomic E-state index is 11.5. The molecule has 14 heavy (non-hydrogen) atoms. The third-order valence-electron chi connectivity index (χ3n) is 3.10. The molecule has 0 aromatic heterocycles. The lowest BCUT2D eigenvalue weighted by Crippen LogP contribution is -2.35. The summed E-state index contributed by atoms with van der Waals surface area (Å²) >= 11 is 0. The van der Waals surface area contributed by atoms with E-state index in [2.05, 4.69) is 19.2 Å². The largest absolute Gasteiger partial charge is 0.353 e. The van der Waals surface area contributed by atoms with Crippen molar-refractivity contribution < 1.29 is 4.79 Å². The highest BCUT2D eigenvalue weighted by atomic mass is 16.1. The molecule has 0 aromatic carbocycles. The molecule has 3 nitrogen and oxygen atoms in total. The van der Waals surface area contributed by atoms with Crippen LogP contribution in [0.3, 0.4) is 0 Å². The van der Waals surface area contributed by atoms with Gasteiger partial charge in [0.05, 0.1) is 0 Å². The highest BCUT2D eigenvalue weighted by Gasteiger charge is 2.28. The van der Waals surface area contributed by atoms with Crippen molar-refractivity contribution in [1.82, 2.24) is 5.32 Å². The molecular formula is C11H22N2O.